The van der Waals surface area contributed by atoms with E-state index >= 15 is 0 Å². The molecule has 0 bridgehead atoms. The van der Waals surface area contributed by atoms with Crippen molar-refractivity contribution in [3.8, 4) is 11.8 Å². The van der Waals surface area contributed by atoms with Gasteiger partial charge in [0.2, 0.25) is 0 Å². The highest BCUT2D eigenvalue weighted by atomic mass is 32.2. The van der Waals surface area contributed by atoms with Crippen molar-refractivity contribution in [1.29, 1.82) is 0 Å². The molecule has 0 saturated carbocycles. The van der Waals surface area contributed by atoms with E-state index in [4.69, 9.17) is 0 Å². The van der Waals surface area contributed by atoms with Gasteiger partial charge >= 0.3 is 5.97 Å². The molecule has 1 atom stereocenters. The molecule has 0 saturated heterocycles. The number of carbonyl (C=O) groups excluding carboxylic acids is 2. The number of allylic oxidation sites excluding steroid dienone is 2. The average molecular weight is 365 g/mol. The zero-order valence-corrected chi connectivity index (χ0v) is 16.2. The Bertz CT molecular complexity index is 595. The first kappa shape index (κ1) is 21.5. The average Bonchev–Trinajstić information content (AvgIpc) is 2.85. The number of ether oxygens (including phenoxy) is 1. The summed E-state index contributed by atoms with van der Waals surface area (Å²) in [4.78, 5) is 24.0. The Balaban J connectivity index is 2.68. The van der Waals surface area contributed by atoms with E-state index in [1.807, 2.05) is 6.26 Å². The molecule has 25 heavy (non-hydrogen) atoms. The summed E-state index contributed by atoms with van der Waals surface area (Å²) in [5, 5.41) is 10.8. The maximum atomic E-state index is 12.4. The maximum Gasteiger partial charge on any atom is 0.305 e. The molecule has 0 spiro atoms. The number of hydrogen-bond donors (Lipinski definition) is 1. The van der Waals surface area contributed by atoms with Gasteiger partial charge in [0.1, 0.15) is 0 Å². The monoisotopic (exact) mass is 364 g/mol. The van der Waals surface area contributed by atoms with Crippen molar-refractivity contribution < 1.29 is 19.4 Å². The van der Waals surface area contributed by atoms with Crippen LogP contribution in [0.5, 0.6) is 0 Å². The molecule has 0 amide bonds. The van der Waals surface area contributed by atoms with Gasteiger partial charge in [0, 0.05) is 18.4 Å². The fourth-order valence-corrected chi connectivity index (χ4v) is 3.13. The van der Waals surface area contributed by atoms with Crippen LogP contribution in [0.1, 0.15) is 58.3 Å². The first-order valence-electron chi connectivity index (χ1n) is 8.80. The van der Waals surface area contributed by atoms with Crippen LogP contribution in [0.2, 0.25) is 0 Å². The Kier molecular flexibility index (Phi) is 9.62. The lowest BCUT2D eigenvalue weighted by atomic mass is 9.95. The van der Waals surface area contributed by atoms with Crippen molar-refractivity contribution in [3.05, 3.63) is 22.6 Å². The highest BCUT2D eigenvalue weighted by molar-refractivity contribution is 8.03. The number of methoxy groups -OCH3 is 1. The van der Waals surface area contributed by atoms with Gasteiger partial charge in [0.15, 0.2) is 11.4 Å². The first-order chi connectivity index (χ1) is 12.0. The molecule has 0 fully saturated rings. The smallest absolute Gasteiger partial charge is 0.305 e. The molecular formula is C20H28O4S. The van der Waals surface area contributed by atoms with Gasteiger partial charge in [0.25, 0.3) is 0 Å². The summed E-state index contributed by atoms with van der Waals surface area (Å²) in [6.45, 7) is 2.09. The third kappa shape index (κ3) is 6.72. The van der Waals surface area contributed by atoms with Crippen molar-refractivity contribution in [2.45, 2.75) is 63.9 Å². The van der Waals surface area contributed by atoms with E-state index < -0.39 is 5.60 Å². The molecule has 4 nitrogen and oxygen atoms in total. The molecule has 138 valence electrons. The van der Waals surface area contributed by atoms with E-state index in [2.05, 4.69) is 23.5 Å². The maximum absolute atomic E-state index is 12.4. The topological polar surface area (TPSA) is 63.6 Å². The van der Waals surface area contributed by atoms with Crippen LogP contribution in [0, 0.1) is 11.8 Å². The number of esters is 1. The number of Topliss-reactive ketones (excluding diaryl/α,β-unsaturated/α-hetero) is 1. The van der Waals surface area contributed by atoms with E-state index in [1.54, 1.807) is 12.2 Å². The number of aliphatic hydroxyl groups is 1. The Morgan fingerprint density at radius 3 is 2.76 bits per heavy atom. The van der Waals surface area contributed by atoms with Crippen molar-refractivity contribution in [1.82, 2.24) is 0 Å². The minimum absolute atomic E-state index is 0.130. The molecule has 0 radical (unpaired) electrons. The van der Waals surface area contributed by atoms with E-state index in [0.717, 1.165) is 38.5 Å². The quantitative estimate of drug-likeness (QED) is 0.292. The Labute approximate surface area is 155 Å². The number of ketones is 1. The summed E-state index contributed by atoms with van der Waals surface area (Å²) in [5.74, 6) is 5.54. The molecule has 5 heteroatoms. The molecule has 0 aliphatic heterocycles. The van der Waals surface area contributed by atoms with Crippen LogP contribution in [0.4, 0.5) is 0 Å². The summed E-state index contributed by atoms with van der Waals surface area (Å²) in [6, 6.07) is 0. The molecule has 0 aromatic carbocycles. The van der Waals surface area contributed by atoms with Crippen LogP contribution in [-0.4, -0.2) is 35.8 Å². The zero-order valence-electron chi connectivity index (χ0n) is 15.4. The Morgan fingerprint density at radius 2 is 2.12 bits per heavy atom. The molecule has 1 N–H and O–H groups in total. The molecule has 1 rings (SSSR count). The van der Waals surface area contributed by atoms with Gasteiger partial charge in [-0.3, -0.25) is 9.59 Å². The predicted molar refractivity (Wildman–Crippen MR) is 102 cm³/mol. The van der Waals surface area contributed by atoms with Crippen LogP contribution in [0.25, 0.3) is 0 Å². The lowest BCUT2D eigenvalue weighted by Crippen LogP contribution is -2.25. The van der Waals surface area contributed by atoms with Gasteiger partial charge in [-0.1, -0.05) is 37.7 Å². The van der Waals surface area contributed by atoms with E-state index in [-0.39, 0.29) is 11.8 Å². The number of unbranched alkanes of at least 4 members (excludes halogenated alkanes) is 5. The summed E-state index contributed by atoms with van der Waals surface area (Å²) in [5.41, 5.74) is -1.09. The van der Waals surface area contributed by atoms with Crippen LogP contribution >= 0.6 is 11.8 Å². The van der Waals surface area contributed by atoms with Gasteiger partial charge in [-0.15, -0.1) is 11.8 Å². The van der Waals surface area contributed by atoms with E-state index in [0.29, 0.717) is 23.3 Å². The van der Waals surface area contributed by atoms with Crippen molar-refractivity contribution in [3.63, 3.8) is 0 Å². The molecular weight excluding hydrogens is 336 g/mol. The summed E-state index contributed by atoms with van der Waals surface area (Å²) < 4.78 is 4.61. The lowest BCUT2D eigenvalue weighted by Gasteiger charge is -2.15. The number of thioether (sulfide) groups is 1. The minimum atomic E-state index is -1.46. The van der Waals surface area contributed by atoms with Gasteiger partial charge in [-0.2, -0.15) is 0 Å². The largest absolute Gasteiger partial charge is 0.469 e. The summed E-state index contributed by atoms with van der Waals surface area (Å²) in [6.07, 6.45) is 11.5. The van der Waals surface area contributed by atoms with Crippen LogP contribution in [0.3, 0.4) is 0 Å². The number of hydrogen-bond acceptors (Lipinski definition) is 5. The second-order valence-electron chi connectivity index (χ2n) is 6.01. The Hall–Kier alpha value is -1.51. The number of carbonyl (C=O) groups is 2. The third-order valence-corrected chi connectivity index (χ3v) is 4.78. The van der Waals surface area contributed by atoms with Gasteiger partial charge in [-0.25, -0.2) is 0 Å². The second kappa shape index (κ2) is 11.2. The molecule has 1 aliphatic rings. The minimum Gasteiger partial charge on any atom is -0.469 e. The zero-order chi connectivity index (χ0) is 18.7. The third-order valence-electron chi connectivity index (χ3n) is 4.03. The number of rotatable bonds is 9. The molecule has 0 aromatic heterocycles. The first-order valence-corrected chi connectivity index (χ1v) is 10.0. The van der Waals surface area contributed by atoms with Crippen LogP contribution in [-0.2, 0) is 14.3 Å². The SMILES string of the molecule is CCCCC#CC1(O)C=C(SC)C(=O)C1=CCCCCCC(=O)OC. The Morgan fingerprint density at radius 1 is 1.36 bits per heavy atom. The highest BCUT2D eigenvalue weighted by Crippen LogP contribution is 2.35. The van der Waals surface area contributed by atoms with Gasteiger partial charge in [-0.05, 0) is 38.0 Å². The van der Waals surface area contributed by atoms with Crippen molar-refractivity contribution in [2.24, 2.45) is 0 Å². The predicted octanol–water partition coefficient (Wildman–Crippen LogP) is 3.79. The fraction of sp³-hybridized carbons (Fsp3) is 0.600. The normalized spacial score (nSPS) is 21.0. The standard InChI is InChI=1S/C20H28O4S/c1-4-5-6-11-14-20(23)15-17(25-3)19(22)16(20)12-9-7-8-10-13-18(21)24-2/h12,15,23H,4-10,13H2,1-3H3. The van der Waals surface area contributed by atoms with Crippen molar-refractivity contribution >= 4 is 23.5 Å². The van der Waals surface area contributed by atoms with E-state index in [9.17, 15) is 14.7 Å². The van der Waals surface area contributed by atoms with E-state index in [1.165, 1.54) is 18.9 Å². The van der Waals surface area contributed by atoms with Crippen LogP contribution < -0.4 is 0 Å². The molecule has 0 heterocycles. The lowest BCUT2D eigenvalue weighted by molar-refractivity contribution is -0.140. The summed E-state index contributed by atoms with van der Waals surface area (Å²) in [7, 11) is 1.39. The van der Waals surface area contributed by atoms with Gasteiger partial charge < -0.3 is 9.84 Å². The fourth-order valence-electron chi connectivity index (χ4n) is 2.54. The van der Waals surface area contributed by atoms with Gasteiger partial charge in [0.05, 0.1) is 12.0 Å². The summed E-state index contributed by atoms with van der Waals surface area (Å²) >= 11 is 1.33. The van der Waals surface area contributed by atoms with Crippen LogP contribution in [0.15, 0.2) is 22.6 Å². The van der Waals surface area contributed by atoms with Crippen molar-refractivity contribution in [2.75, 3.05) is 13.4 Å². The molecule has 1 unspecified atom stereocenters. The molecule has 1 aliphatic carbocycles. The molecule has 0 aromatic rings. The second-order valence-corrected chi connectivity index (χ2v) is 6.85. The highest BCUT2D eigenvalue weighted by Gasteiger charge is 2.40.